The first kappa shape index (κ1) is 15.4. The van der Waals surface area contributed by atoms with Crippen molar-refractivity contribution in [3.8, 4) is 5.69 Å². The number of hydrogen-bond acceptors (Lipinski definition) is 4. The first-order valence-electron chi connectivity index (χ1n) is 8.39. The second-order valence-corrected chi connectivity index (χ2v) is 6.36. The van der Waals surface area contributed by atoms with Crippen LogP contribution in [0.3, 0.4) is 0 Å². The number of aromatic amines is 1. The zero-order valence-corrected chi connectivity index (χ0v) is 14.3. The number of H-pyrrole nitrogens is 1. The zero-order valence-electron chi connectivity index (χ0n) is 14.3. The maximum absolute atomic E-state index is 4.78. The molecule has 0 aliphatic rings. The molecule has 6 nitrogen and oxygen atoms in total. The highest BCUT2D eigenvalue weighted by molar-refractivity contribution is 5.77. The number of nitrogens with one attached hydrogen (secondary N) is 2. The SMILES string of the molecule is CC(C)c1nn(-c2ccccc2)cc1CNc1ccc2n[nH]nc2c1. The quantitative estimate of drug-likeness (QED) is 0.582. The summed E-state index contributed by atoms with van der Waals surface area (Å²) in [5.41, 5.74) is 6.11. The molecule has 0 aliphatic carbocycles. The van der Waals surface area contributed by atoms with Gasteiger partial charge in [-0.15, -0.1) is 0 Å². The Hall–Kier alpha value is -3.15. The molecular formula is C19H20N6. The summed E-state index contributed by atoms with van der Waals surface area (Å²) in [5, 5.41) is 19.1. The Morgan fingerprint density at radius 2 is 1.84 bits per heavy atom. The molecule has 2 heterocycles. The van der Waals surface area contributed by atoms with Crippen LogP contribution in [-0.2, 0) is 6.54 Å². The summed E-state index contributed by atoms with van der Waals surface area (Å²) in [6.07, 6.45) is 2.10. The van der Waals surface area contributed by atoms with Crippen LogP contribution >= 0.6 is 0 Å². The van der Waals surface area contributed by atoms with Gasteiger partial charge < -0.3 is 5.32 Å². The number of rotatable bonds is 5. The maximum atomic E-state index is 4.78. The van der Waals surface area contributed by atoms with Crippen molar-refractivity contribution in [3.05, 3.63) is 66.0 Å². The minimum Gasteiger partial charge on any atom is -0.381 e. The highest BCUT2D eigenvalue weighted by atomic mass is 15.3. The highest BCUT2D eigenvalue weighted by Crippen LogP contribution is 2.22. The molecule has 0 radical (unpaired) electrons. The highest BCUT2D eigenvalue weighted by Gasteiger charge is 2.13. The Kier molecular flexibility index (Phi) is 3.93. The summed E-state index contributed by atoms with van der Waals surface area (Å²) in [6, 6.07) is 16.2. The molecule has 126 valence electrons. The second kappa shape index (κ2) is 6.39. The molecular weight excluding hydrogens is 312 g/mol. The third kappa shape index (κ3) is 3.10. The van der Waals surface area contributed by atoms with Crippen molar-refractivity contribution >= 4 is 16.7 Å². The van der Waals surface area contributed by atoms with Gasteiger partial charge in [0.25, 0.3) is 0 Å². The topological polar surface area (TPSA) is 71.4 Å². The standard InChI is InChI=1S/C19H20N6/c1-13(2)19-14(12-25(23-19)16-6-4-3-5-7-16)11-20-15-8-9-17-18(10-15)22-24-21-17/h3-10,12-13,20H,11H2,1-2H3,(H,21,22,24). The van der Waals surface area contributed by atoms with E-state index in [1.807, 2.05) is 41.1 Å². The molecule has 2 N–H and O–H groups in total. The van der Waals surface area contributed by atoms with Crippen LogP contribution in [0.2, 0.25) is 0 Å². The third-order valence-corrected chi connectivity index (χ3v) is 4.19. The van der Waals surface area contributed by atoms with Gasteiger partial charge in [-0.1, -0.05) is 32.0 Å². The Labute approximate surface area is 145 Å². The van der Waals surface area contributed by atoms with Crippen LogP contribution in [-0.4, -0.2) is 25.2 Å². The van der Waals surface area contributed by atoms with E-state index in [0.717, 1.165) is 28.1 Å². The average Bonchev–Trinajstić information content (AvgIpc) is 3.27. The predicted octanol–water partition coefficient (Wildman–Crippen LogP) is 3.88. The van der Waals surface area contributed by atoms with Crippen molar-refractivity contribution in [1.82, 2.24) is 25.2 Å². The third-order valence-electron chi connectivity index (χ3n) is 4.19. The van der Waals surface area contributed by atoms with Gasteiger partial charge in [-0.25, -0.2) is 4.68 Å². The Balaban J connectivity index is 1.59. The van der Waals surface area contributed by atoms with Gasteiger partial charge >= 0.3 is 0 Å². The lowest BCUT2D eigenvalue weighted by molar-refractivity contribution is 0.763. The van der Waals surface area contributed by atoms with E-state index >= 15 is 0 Å². The van der Waals surface area contributed by atoms with Crippen LogP contribution in [0.1, 0.15) is 31.0 Å². The largest absolute Gasteiger partial charge is 0.381 e. The van der Waals surface area contributed by atoms with Crippen LogP contribution in [0.4, 0.5) is 5.69 Å². The maximum Gasteiger partial charge on any atom is 0.115 e. The minimum absolute atomic E-state index is 0.361. The number of aromatic nitrogens is 5. The number of fused-ring (bicyclic) bond motifs is 1. The lowest BCUT2D eigenvalue weighted by Gasteiger charge is -2.08. The lowest BCUT2D eigenvalue weighted by atomic mass is 10.1. The Morgan fingerprint density at radius 1 is 1.04 bits per heavy atom. The molecule has 0 saturated heterocycles. The van der Waals surface area contributed by atoms with Crippen molar-refractivity contribution in [2.75, 3.05) is 5.32 Å². The van der Waals surface area contributed by atoms with Gasteiger partial charge in [-0.2, -0.15) is 20.5 Å². The van der Waals surface area contributed by atoms with E-state index in [1.54, 1.807) is 0 Å². The van der Waals surface area contributed by atoms with E-state index < -0.39 is 0 Å². The van der Waals surface area contributed by atoms with E-state index in [9.17, 15) is 0 Å². The summed E-state index contributed by atoms with van der Waals surface area (Å²) in [7, 11) is 0. The van der Waals surface area contributed by atoms with Crippen molar-refractivity contribution < 1.29 is 0 Å². The molecule has 2 aromatic carbocycles. The van der Waals surface area contributed by atoms with E-state index in [-0.39, 0.29) is 0 Å². The fraction of sp³-hybridized carbons (Fsp3) is 0.211. The number of benzene rings is 2. The van der Waals surface area contributed by atoms with Gasteiger partial charge in [0.05, 0.1) is 11.4 Å². The summed E-state index contributed by atoms with van der Waals surface area (Å²) < 4.78 is 1.95. The predicted molar refractivity (Wildman–Crippen MR) is 98.9 cm³/mol. The number of para-hydroxylation sites is 1. The fourth-order valence-corrected chi connectivity index (χ4v) is 2.91. The number of nitrogens with zero attached hydrogens (tertiary/aromatic N) is 4. The fourth-order valence-electron chi connectivity index (χ4n) is 2.91. The van der Waals surface area contributed by atoms with E-state index in [0.29, 0.717) is 12.5 Å². The lowest BCUT2D eigenvalue weighted by Crippen LogP contribution is -2.02. The molecule has 4 aromatic rings. The van der Waals surface area contributed by atoms with Crippen LogP contribution in [0.25, 0.3) is 16.7 Å². The molecule has 25 heavy (non-hydrogen) atoms. The van der Waals surface area contributed by atoms with Gasteiger partial charge in [0, 0.05) is 24.0 Å². The Bertz CT molecular complexity index is 984. The summed E-state index contributed by atoms with van der Waals surface area (Å²) in [5.74, 6) is 0.361. The smallest absolute Gasteiger partial charge is 0.115 e. The van der Waals surface area contributed by atoms with E-state index in [1.165, 1.54) is 5.56 Å². The zero-order chi connectivity index (χ0) is 17.2. The van der Waals surface area contributed by atoms with Crippen LogP contribution in [0.15, 0.2) is 54.7 Å². The van der Waals surface area contributed by atoms with Gasteiger partial charge in [0.15, 0.2) is 0 Å². The molecule has 0 bridgehead atoms. The molecule has 0 unspecified atom stereocenters. The van der Waals surface area contributed by atoms with Crippen LogP contribution < -0.4 is 5.32 Å². The van der Waals surface area contributed by atoms with Gasteiger partial charge in [0.2, 0.25) is 0 Å². The Morgan fingerprint density at radius 3 is 2.64 bits per heavy atom. The molecule has 0 aliphatic heterocycles. The minimum atomic E-state index is 0.361. The first-order chi connectivity index (χ1) is 12.2. The molecule has 0 amide bonds. The molecule has 4 rings (SSSR count). The number of anilines is 1. The molecule has 0 spiro atoms. The molecule has 6 heteroatoms. The van der Waals surface area contributed by atoms with Crippen molar-refractivity contribution in [2.45, 2.75) is 26.3 Å². The summed E-state index contributed by atoms with van der Waals surface area (Å²) in [4.78, 5) is 0. The van der Waals surface area contributed by atoms with Gasteiger partial charge in [-0.3, -0.25) is 0 Å². The van der Waals surface area contributed by atoms with Gasteiger partial charge in [-0.05, 0) is 36.2 Å². The monoisotopic (exact) mass is 332 g/mol. The molecule has 0 saturated carbocycles. The van der Waals surface area contributed by atoms with E-state index in [4.69, 9.17) is 5.10 Å². The van der Waals surface area contributed by atoms with Gasteiger partial charge in [0.1, 0.15) is 11.0 Å². The van der Waals surface area contributed by atoms with Crippen molar-refractivity contribution in [2.24, 2.45) is 0 Å². The molecule has 0 fully saturated rings. The summed E-state index contributed by atoms with van der Waals surface area (Å²) in [6.45, 7) is 5.05. The summed E-state index contributed by atoms with van der Waals surface area (Å²) >= 11 is 0. The van der Waals surface area contributed by atoms with Crippen LogP contribution in [0, 0.1) is 0 Å². The van der Waals surface area contributed by atoms with E-state index in [2.05, 4.69) is 52.9 Å². The average molecular weight is 332 g/mol. The number of hydrogen-bond donors (Lipinski definition) is 2. The molecule has 0 atom stereocenters. The first-order valence-corrected chi connectivity index (χ1v) is 8.39. The van der Waals surface area contributed by atoms with Crippen molar-refractivity contribution in [1.29, 1.82) is 0 Å². The van der Waals surface area contributed by atoms with Crippen molar-refractivity contribution in [3.63, 3.8) is 0 Å². The second-order valence-electron chi connectivity index (χ2n) is 6.36. The van der Waals surface area contributed by atoms with Crippen LogP contribution in [0.5, 0.6) is 0 Å². The normalized spacial score (nSPS) is 11.3. The molecule has 2 aromatic heterocycles.